The van der Waals surface area contributed by atoms with Gasteiger partial charge in [-0.3, -0.25) is 4.79 Å². The van der Waals surface area contributed by atoms with Crippen molar-refractivity contribution in [2.75, 3.05) is 12.4 Å². The van der Waals surface area contributed by atoms with Crippen LogP contribution in [-0.2, 0) is 16.0 Å². The van der Waals surface area contributed by atoms with E-state index in [0.29, 0.717) is 25.0 Å². The minimum atomic E-state index is -1.43. The summed E-state index contributed by atoms with van der Waals surface area (Å²) in [5.41, 5.74) is 1.93. The molecule has 0 saturated heterocycles. The molecule has 1 aromatic carbocycles. The van der Waals surface area contributed by atoms with E-state index in [1.54, 1.807) is 25.1 Å². The first-order chi connectivity index (χ1) is 21.5. The number of hydrogen-bond donors (Lipinski definition) is 2. The maximum Gasteiger partial charge on any atom is 0.342 e. The average Bonchev–Trinajstić information content (AvgIpc) is 3.70. The molecule has 2 heterocycles. The molecule has 4 aliphatic rings. The molecule has 0 bridgehead atoms. The summed E-state index contributed by atoms with van der Waals surface area (Å²) < 4.78 is 27.1. The lowest BCUT2D eigenvalue weighted by Gasteiger charge is -2.60. The molecule has 2 N–H and O–H groups in total. The van der Waals surface area contributed by atoms with Gasteiger partial charge in [-0.1, -0.05) is 31.2 Å². The molecule has 0 amide bonds. The van der Waals surface area contributed by atoms with Crippen LogP contribution in [0.2, 0.25) is 0 Å². The number of furan rings is 1. The van der Waals surface area contributed by atoms with Crippen molar-refractivity contribution >= 4 is 28.9 Å². The number of halogens is 1. The average molecular weight is 635 g/mol. The van der Waals surface area contributed by atoms with Gasteiger partial charge in [-0.15, -0.1) is 0 Å². The van der Waals surface area contributed by atoms with E-state index < -0.39 is 23.1 Å². The number of carbonyl (C=O) groups excluding carboxylic acids is 2. The fraction of sp³-hybridized carbons (Fsp3) is 0.514. The lowest BCUT2D eigenvalue weighted by molar-refractivity contribution is -0.174. The summed E-state index contributed by atoms with van der Waals surface area (Å²) >= 11 is 1.00. The van der Waals surface area contributed by atoms with E-state index in [-0.39, 0.29) is 52.0 Å². The maximum atomic E-state index is 14.0. The molecule has 3 saturated carbocycles. The molecule has 238 valence electrons. The number of aryl methyl sites for hydroxylation is 1. The Morgan fingerprint density at radius 1 is 1.20 bits per heavy atom. The van der Waals surface area contributed by atoms with Crippen molar-refractivity contribution in [3.8, 4) is 5.69 Å². The first-order valence-electron chi connectivity index (χ1n) is 15.8. The third kappa shape index (κ3) is 4.50. The van der Waals surface area contributed by atoms with Crippen molar-refractivity contribution in [3.63, 3.8) is 0 Å². The molecule has 0 radical (unpaired) electrons. The van der Waals surface area contributed by atoms with Crippen molar-refractivity contribution in [2.24, 2.45) is 28.6 Å². The second kappa shape index (κ2) is 11.0. The molecule has 0 unspecified atom stereocenters. The molecule has 7 rings (SSSR count). The van der Waals surface area contributed by atoms with Gasteiger partial charge in [0.1, 0.15) is 17.1 Å². The smallest absolute Gasteiger partial charge is 0.342 e. The summed E-state index contributed by atoms with van der Waals surface area (Å²) in [4.78, 5) is 27.6. The summed E-state index contributed by atoms with van der Waals surface area (Å²) in [5, 5.41) is 26.1. The van der Waals surface area contributed by atoms with Crippen molar-refractivity contribution in [1.29, 1.82) is 0 Å². The molecule has 3 fully saturated rings. The lowest BCUT2D eigenvalue weighted by Crippen LogP contribution is -2.62. The fourth-order valence-corrected chi connectivity index (χ4v) is 10.5. The lowest BCUT2D eigenvalue weighted by atomic mass is 9.45. The Morgan fingerprint density at radius 2 is 1.98 bits per heavy atom. The Morgan fingerprint density at radius 3 is 2.69 bits per heavy atom. The van der Waals surface area contributed by atoms with Crippen LogP contribution >= 0.6 is 11.8 Å². The van der Waals surface area contributed by atoms with Gasteiger partial charge in [0.25, 0.3) is 0 Å². The summed E-state index contributed by atoms with van der Waals surface area (Å²) in [6, 6.07) is 7.89. The van der Waals surface area contributed by atoms with E-state index >= 15 is 0 Å². The van der Waals surface area contributed by atoms with Gasteiger partial charge in [-0.05, 0) is 111 Å². The summed E-state index contributed by atoms with van der Waals surface area (Å²) in [6.07, 6.45) is 8.64. The molecule has 45 heavy (non-hydrogen) atoms. The Labute approximate surface area is 266 Å². The maximum absolute atomic E-state index is 14.0. The van der Waals surface area contributed by atoms with Crippen molar-refractivity contribution in [1.82, 2.24) is 9.78 Å². The minimum absolute atomic E-state index is 0.0410. The van der Waals surface area contributed by atoms with E-state index in [0.717, 1.165) is 48.0 Å². The normalized spacial score (nSPS) is 33.4. The zero-order valence-electron chi connectivity index (χ0n) is 25.8. The highest BCUT2D eigenvalue weighted by Gasteiger charge is 2.70. The van der Waals surface area contributed by atoms with Crippen LogP contribution in [0.1, 0.15) is 73.3 Å². The van der Waals surface area contributed by atoms with E-state index in [1.165, 1.54) is 24.0 Å². The number of thioether (sulfide) groups is 1. The summed E-state index contributed by atoms with van der Waals surface area (Å²) in [7, 11) is 0. The van der Waals surface area contributed by atoms with Crippen LogP contribution in [0, 0.1) is 41.3 Å². The molecule has 3 aromatic rings. The van der Waals surface area contributed by atoms with Gasteiger partial charge >= 0.3 is 5.97 Å². The van der Waals surface area contributed by atoms with Crippen molar-refractivity contribution < 1.29 is 33.3 Å². The third-order valence-corrected chi connectivity index (χ3v) is 12.6. The second-order valence-corrected chi connectivity index (χ2v) is 14.8. The minimum Gasteiger partial charge on any atom is -0.469 e. The molecule has 4 aliphatic carbocycles. The molecular weight excluding hydrogens is 595 g/mol. The SMILES string of the molecule is Cc1occc1C(=O)O[C@]1(C(=O)SCCO)CC[C@H]2[C@@H]3CCC4=Cc5c(cnn5-c5ccc(F)cc5)C[C@]4(C)[C@H]3[C@@H](O)C[C@@]21C. The van der Waals surface area contributed by atoms with Crippen LogP contribution in [0.25, 0.3) is 11.8 Å². The molecule has 2 aromatic heterocycles. The number of rotatable bonds is 6. The van der Waals surface area contributed by atoms with Crippen molar-refractivity contribution in [3.05, 3.63) is 76.8 Å². The summed E-state index contributed by atoms with van der Waals surface area (Å²) in [6.45, 7) is 5.80. The van der Waals surface area contributed by atoms with Gasteiger partial charge in [0.15, 0.2) is 5.60 Å². The van der Waals surface area contributed by atoms with Gasteiger partial charge in [0, 0.05) is 11.2 Å². The van der Waals surface area contributed by atoms with Crippen LogP contribution in [-0.4, -0.2) is 55.1 Å². The Balaban J connectivity index is 1.23. The predicted octanol–water partition coefficient (Wildman–Crippen LogP) is 5.91. The quantitative estimate of drug-likeness (QED) is 0.322. The first-order valence-corrected chi connectivity index (χ1v) is 16.8. The zero-order chi connectivity index (χ0) is 31.7. The highest BCUT2D eigenvalue weighted by Crippen LogP contribution is 2.69. The predicted molar refractivity (Wildman–Crippen MR) is 167 cm³/mol. The van der Waals surface area contributed by atoms with Gasteiger partial charge in [-0.25, -0.2) is 13.9 Å². The van der Waals surface area contributed by atoms with Crippen LogP contribution in [0.15, 0.2) is 52.8 Å². The monoisotopic (exact) mass is 634 g/mol. The number of esters is 1. The second-order valence-electron chi connectivity index (χ2n) is 13.7. The number of nitrogens with zero attached hydrogens (tertiary/aromatic N) is 2. The number of fused-ring (bicyclic) bond motifs is 6. The fourth-order valence-electron chi connectivity index (χ4n) is 9.57. The number of hydrogen-bond acceptors (Lipinski definition) is 8. The molecule has 8 nitrogen and oxygen atoms in total. The summed E-state index contributed by atoms with van der Waals surface area (Å²) in [5.74, 6) is -0.118. The number of benzene rings is 1. The van der Waals surface area contributed by atoms with Crippen LogP contribution in [0.3, 0.4) is 0 Å². The van der Waals surface area contributed by atoms with E-state index in [4.69, 9.17) is 9.15 Å². The molecular formula is C35H39FN2O6S. The van der Waals surface area contributed by atoms with Gasteiger partial charge in [0.05, 0.1) is 36.6 Å². The molecule has 7 atom stereocenters. The third-order valence-electron chi connectivity index (χ3n) is 11.6. The Hall–Kier alpha value is -3.21. The number of ether oxygens (including phenoxy) is 1. The Kier molecular flexibility index (Phi) is 7.41. The van der Waals surface area contributed by atoms with E-state index in [2.05, 4.69) is 18.1 Å². The topological polar surface area (TPSA) is 115 Å². The number of aliphatic hydroxyl groups is 2. The first kappa shape index (κ1) is 30.4. The van der Waals surface area contributed by atoms with Crippen LogP contribution < -0.4 is 0 Å². The molecule has 0 spiro atoms. The number of allylic oxidation sites excluding steroid dienone is 1. The van der Waals surface area contributed by atoms with E-state index in [9.17, 15) is 24.2 Å². The Bertz CT molecular complexity index is 1680. The molecule has 10 heteroatoms. The van der Waals surface area contributed by atoms with Gasteiger partial charge < -0.3 is 19.4 Å². The number of carbonyl (C=O) groups is 2. The number of aliphatic hydroxyl groups excluding tert-OH is 2. The highest BCUT2D eigenvalue weighted by atomic mass is 32.2. The van der Waals surface area contributed by atoms with Gasteiger partial charge in [-0.2, -0.15) is 5.10 Å². The van der Waals surface area contributed by atoms with Gasteiger partial charge in [0.2, 0.25) is 5.12 Å². The van der Waals surface area contributed by atoms with Crippen LogP contribution in [0.4, 0.5) is 4.39 Å². The standard InChI is InChI=1S/C35H39FN2O6S/c1-20-25(11-14-43-20)31(41)44-35(32(42)45-15-13-39)12-10-27-26-9-4-22-16-28-21(19-37-38(28)24-7-5-23(36)6-8-24)17-33(22,2)30(26)29(40)18-34(27,35)3/h5-8,11,14,16,19,26-27,29-30,39-40H,4,9-10,12-13,15,17-18H2,1-3H3/t26-,27-,29-,30+,33-,34-,35-/m0/s1. The van der Waals surface area contributed by atoms with E-state index in [1.807, 2.05) is 17.8 Å². The number of aromatic nitrogens is 2. The zero-order valence-corrected chi connectivity index (χ0v) is 26.6. The van der Waals surface area contributed by atoms with Crippen LogP contribution in [0.5, 0.6) is 0 Å². The molecule has 0 aliphatic heterocycles. The highest BCUT2D eigenvalue weighted by molar-refractivity contribution is 8.13. The van der Waals surface area contributed by atoms with Crippen molar-refractivity contribution in [2.45, 2.75) is 71.0 Å². The largest absolute Gasteiger partial charge is 0.469 e.